The second-order valence-corrected chi connectivity index (χ2v) is 8.32. The minimum absolute atomic E-state index is 0.272. The Kier molecular flexibility index (Phi) is 5.20. The van der Waals surface area contributed by atoms with E-state index >= 15 is 0 Å². The number of rotatable bonds is 3. The largest absolute Gasteiger partial charge is 0.381 e. The molecule has 4 rings (SSSR count). The summed E-state index contributed by atoms with van der Waals surface area (Å²) in [4.78, 5) is 19.0. The molecule has 1 aromatic heterocycles. The number of ether oxygens (including phenoxy) is 1. The molecule has 138 valence electrons. The van der Waals surface area contributed by atoms with Crippen LogP contribution >= 0.6 is 22.9 Å². The lowest BCUT2D eigenvalue weighted by Crippen LogP contribution is -2.55. The number of nitrogens with zero attached hydrogens (tertiary/aromatic N) is 2. The molecule has 0 unspecified atom stereocenters. The Bertz CT molecular complexity index is 751. The number of thiophene rings is 1. The van der Waals surface area contributed by atoms with Crippen molar-refractivity contribution in [3.63, 3.8) is 0 Å². The van der Waals surface area contributed by atoms with Crippen LogP contribution in [0.25, 0.3) is 0 Å². The number of carbonyl (C=O) groups is 1. The highest BCUT2D eigenvalue weighted by atomic mass is 35.5. The molecule has 0 radical (unpaired) electrons. The van der Waals surface area contributed by atoms with E-state index in [9.17, 15) is 4.79 Å². The molecule has 2 aliphatic heterocycles. The van der Waals surface area contributed by atoms with Crippen molar-refractivity contribution in [1.82, 2.24) is 4.90 Å². The van der Waals surface area contributed by atoms with Crippen LogP contribution in [0, 0.1) is 0 Å². The maximum Gasteiger partial charge on any atom is 0.234 e. The predicted octanol–water partition coefficient (Wildman–Crippen LogP) is 3.80. The smallest absolute Gasteiger partial charge is 0.234 e. The van der Waals surface area contributed by atoms with Crippen molar-refractivity contribution in [3.05, 3.63) is 51.7 Å². The Hall–Kier alpha value is -1.56. The van der Waals surface area contributed by atoms with Crippen LogP contribution < -0.4 is 4.90 Å². The van der Waals surface area contributed by atoms with Crippen molar-refractivity contribution < 1.29 is 9.53 Å². The van der Waals surface area contributed by atoms with Gasteiger partial charge in [-0.1, -0.05) is 23.7 Å². The minimum Gasteiger partial charge on any atom is -0.381 e. The zero-order chi connectivity index (χ0) is 18.0. The lowest BCUT2D eigenvalue weighted by Gasteiger charge is -2.43. The van der Waals surface area contributed by atoms with Gasteiger partial charge in [0.05, 0.1) is 5.41 Å². The van der Waals surface area contributed by atoms with Gasteiger partial charge in [0.15, 0.2) is 0 Å². The Morgan fingerprint density at radius 3 is 2.50 bits per heavy atom. The van der Waals surface area contributed by atoms with E-state index in [0.717, 1.165) is 49.7 Å². The van der Waals surface area contributed by atoms with Gasteiger partial charge in [0.1, 0.15) is 0 Å². The third-order valence-corrected chi connectivity index (χ3v) is 6.80. The summed E-state index contributed by atoms with van der Waals surface area (Å²) in [6.45, 7) is 4.49. The van der Waals surface area contributed by atoms with Gasteiger partial charge in [-0.25, -0.2) is 0 Å². The molecule has 0 spiro atoms. The van der Waals surface area contributed by atoms with Gasteiger partial charge in [0.25, 0.3) is 0 Å². The SMILES string of the molecule is O=C(N1CCN(c2cccc(Cl)c2)CC1)C1(c2cccs2)CCOCC1. The molecule has 1 aromatic carbocycles. The molecule has 2 aliphatic rings. The molecule has 0 atom stereocenters. The van der Waals surface area contributed by atoms with E-state index in [4.69, 9.17) is 16.3 Å². The van der Waals surface area contributed by atoms with Gasteiger partial charge in [-0.3, -0.25) is 4.79 Å². The first-order chi connectivity index (χ1) is 12.7. The Balaban J connectivity index is 1.48. The zero-order valence-corrected chi connectivity index (χ0v) is 16.3. The number of hydrogen-bond acceptors (Lipinski definition) is 4. The maximum atomic E-state index is 13.5. The van der Waals surface area contributed by atoms with Crippen LogP contribution in [0.5, 0.6) is 0 Å². The van der Waals surface area contributed by atoms with Crippen molar-refractivity contribution in [2.75, 3.05) is 44.3 Å². The summed E-state index contributed by atoms with van der Waals surface area (Å²) in [5.41, 5.74) is 0.730. The van der Waals surface area contributed by atoms with Gasteiger partial charge >= 0.3 is 0 Å². The van der Waals surface area contributed by atoms with E-state index in [1.54, 1.807) is 11.3 Å². The number of benzene rings is 1. The molecular weight excluding hydrogens is 368 g/mol. The molecule has 1 amide bonds. The highest BCUT2D eigenvalue weighted by molar-refractivity contribution is 7.10. The van der Waals surface area contributed by atoms with Crippen LogP contribution in [-0.4, -0.2) is 50.2 Å². The highest BCUT2D eigenvalue weighted by Gasteiger charge is 2.45. The fourth-order valence-corrected chi connectivity index (χ4v) is 5.14. The number of halogens is 1. The molecule has 0 bridgehead atoms. The first-order valence-corrected chi connectivity index (χ1v) is 10.4. The summed E-state index contributed by atoms with van der Waals surface area (Å²) in [7, 11) is 0. The number of hydrogen-bond donors (Lipinski definition) is 0. The van der Waals surface area contributed by atoms with Crippen molar-refractivity contribution >= 4 is 34.5 Å². The average molecular weight is 391 g/mol. The van der Waals surface area contributed by atoms with Gasteiger partial charge < -0.3 is 14.5 Å². The average Bonchev–Trinajstić information content (AvgIpc) is 3.23. The van der Waals surface area contributed by atoms with Crippen LogP contribution in [-0.2, 0) is 14.9 Å². The first-order valence-electron chi connectivity index (χ1n) is 9.11. The lowest BCUT2D eigenvalue weighted by atomic mass is 9.77. The normalized spacial score (nSPS) is 20.2. The summed E-state index contributed by atoms with van der Waals surface area (Å²) >= 11 is 7.81. The van der Waals surface area contributed by atoms with E-state index in [1.807, 2.05) is 29.2 Å². The molecular formula is C20H23ClN2O2S. The topological polar surface area (TPSA) is 32.8 Å². The predicted molar refractivity (Wildman–Crippen MR) is 106 cm³/mol. The lowest BCUT2D eigenvalue weighted by molar-refractivity contribution is -0.141. The van der Waals surface area contributed by atoms with Crippen molar-refractivity contribution in [2.45, 2.75) is 18.3 Å². The van der Waals surface area contributed by atoms with E-state index in [2.05, 4.69) is 22.4 Å². The van der Waals surface area contributed by atoms with Crippen LogP contribution in [0.15, 0.2) is 41.8 Å². The maximum absolute atomic E-state index is 13.5. The van der Waals surface area contributed by atoms with E-state index in [-0.39, 0.29) is 5.91 Å². The van der Waals surface area contributed by atoms with Crippen LogP contribution in [0.1, 0.15) is 17.7 Å². The Morgan fingerprint density at radius 2 is 1.85 bits per heavy atom. The van der Waals surface area contributed by atoms with Crippen molar-refractivity contribution in [3.8, 4) is 0 Å². The van der Waals surface area contributed by atoms with Crippen LogP contribution in [0.3, 0.4) is 0 Å². The number of carbonyl (C=O) groups excluding carboxylic acids is 1. The minimum atomic E-state index is -0.398. The monoisotopic (exact) mass is 390 g/mol. The molecule has 2 fully saturated rings. The summed E-state index contributed by atoms with van der Waals surface area (Å²) in [6.07, 6.45) is 1.56. The quantitative estimate of drug-likeness (QED) is 0.799. The molecule has 4 nitrogen and oxygen atoms in total. The molecule has 0 N–H and O–H groups in total. The Morgan fingerprint density at radius 1 is 1.08 bits per heavy atom. The highest BCUT2D eigenvalue weighted by Crippen LogP contribution is 2.39. The molecule has 2 aromatic rings. The third-order valence-electron chi connectivity index (χ3n) is 5.49. The second kappa shape index (κ2) is 7.59. The molecule has 0 saturated carbocycles. The third kappa shape index (κ3) is 3.36. The summed E-state index contributed by atoms with van der Waals surface area (Å²) in [5.74, 6) is 0.272. The number of piperazine rings is 1. The molecule has 26 heavy (non-hydrogen) atoms. The van der Waals surface area contributed by atoms with Gasteiger partial charge in [-0.2, -0.15) is 0 Å². The van der Waals surface area contributed by atoms with Crippen LogP contribution in [0.2, 0.25) is 5.02 Å². The van der Waals surface area contributed by atoms with E-state index < -0.39 is 5.41 Å². The molecule has 2 saturated heterocycles. The number of amides is 1. The number of anilines is 1. The summed E-state index contributed by atoms with van der Waals surface area (Å²) < 4.78 is 5.56. The van der Waals surface area contributed by atoms with Gasteiger partial charge in [0, 0.05) is 55.0 Å². The fourth-order valence-electron chi connectivity index (χ4n) is 3.98. The fraction of sp³-hybridized carbons (Fsp3) is 0.450. The molecule has 3 heterocycles. The summed E-state index contributed by atoms with van der Waals surface area (Å²) in [6, 6.07) is 12.1. The van der Waals surface area contributed by atoms with E-state index in [1.165, 1.54) is 4.88 Å². The van der Waals surface area contributed by atoms with E-state index in [0.29, 0.717) is 13.2 Å². The van der Waals surface area contributed by atoms with Crippen LogP contribution in [0.4, 0.5) is 5.69 Å². The first kappa shape index (κ1) is 17.8. The Labute approximate surface area is 163 Å². The summed E-state index contributed by atoms with van der Waals surface area (Å²) in [5, 5.41) is 2.82. The van der Waals surface area contributed by atoms with Gasteiger partial charge in [-0.15, -0.1) is 11.3 Å². The zero-order valence-electron chi connectivity index (χ0n) is 14.7. The second-order valence-electron chi connectivity index (χ2n) is 6.93. The molecule has 0 aliphatic carbocycles. The van der Waals surface area contributed by atoms with Crippen molar-refractivity contribution in [1.29, 1.82) is 0 Å². The van der Waals surface area contributed by atoms with Gasteiger partial charge in [-0.05, 0) is 42.5 Å². The van der Waals surface area contributed by atoms with Gasteiger partial charge in [0.2, 0.25) is 5.91 Å². The molecule has 6 heteroatoms. The van der Waals surface area contributed by atoms with Crippen molar-refractivity contribution in [2.24, 2.45) is 0 Å². The standard InChI is InChI=1S/C20H23ClN2O2S/c21-16-3-1-4-17(15-16)22-8-10-23(11-9-22)19(24)20(6-12-25-13-7-20)18-5-2-14-26-18/h1-5,14-15H,6-13H2.